The molecule has 2 aromatic heterocycles. The molecular weight excluding hydrogens is 440 g/mol. The Morgan fingerprint density at radius 2 is 1.79 bits per heavy atom. The molecule has 7 heteroatoms. The van der Waals surface area contributed by atoms with E-state index in [0.717, 1.165) is 60.0 Å². The monoisotopic (exact) mass is 474 g/mol. The molecule has 3 heterocycles. The van der Waals surface area contributed by atoms with Gasteiger partial charge in [0.2, 0.25) is 0 Å². The molecule has 0 radical (unpaired) electrons. The fourth-order valence-corrected chi connectivity index (χ4v) is 6.08. The van der Waals surface area contributed by atoms with E-state index in [1.54, 1.807) is 0 Å². The van der Waals surface area contributed by atoms with Crippen LogP contribution in [0.4, 0.5) is 5.69 Å². The normalized spacial score (nSPS) is 17.0. The van der Waals surface area contributed by atoms with Gasteiger partial charge in [-0.1, -0.05) is 43.3 Å². The van der Waals surface area contributed by atoms with Gasteiger partial charge in [0.25, 0.3) is 0 Å². The van der Waals surface area contributed by atoms with Gasteiger partial charge < -0.3 is 10.2 Å². The molecule has 5 rings (SSSR count). The highest BCUT2D eigenvalue weighted by atomic mass is 32.3. The van der Waals surface area contributed by atoms with E-state index in [2.05, 4.69) is 95.0 Å². The van der Waals surface area contributed by atoms with Crippen LogP contribution >= 0.6 is 10.2 Å². The smallest absolute Gasteiger partial charge is 0.162 e. The molecule has 0 saturated carbocycles. The van der Waals surface area contributed by atoms with Crippen LogP contribution in [0.1, 0.15) is 12.5 Å². The first-order valence-corrected chi connectivity index (χ1v) is 14.4. The lowest BCUT2D eigenvalue weighted by Crippen LogP contribution is -2.43. The van der Waals surface area contributed by atoms with E-state index in [9.17, 15) is 0 Å². The number of nitrogens with one attached hydrogen (secondary N) is 2. The average Bonchev–Trinajstić information content (AvgIpc) is 3.33. The first kappa shape index (κ1) is 22.9. The summed E-state index contributed by atoms with van der Waals surface area (Å²) in [6, 6.07) is 17.6. The molecule has 6 nitrogen and oxygen atoms in total. The first-order chi connectivity index (χ1) is 16.6. The summed E-state index contributed by atoms with van der Waals surface area (Å²) in [6.45, 7) is 6.46. The van der Waals surface area contributed by atoms with Crippen LogP contribution in [0.15, 0.2) is 67.1 Å². The number of aromatic nitrogens is 3. The zero-order valence-electron chi connectivity index (χ0n) is 20.3. The van der Waals surface area contributed by atoms with Gasteiger partial charge in [-0.05, 0) is 47.9 Å². The molecule has 2 N–H and O–H groups in total. The number of piperazine rings is 1. The number of hydrogen-bond acceptors (Lipinski definition) is 5. The highest BCUT2D eigenvalue weighted by Gasteiger charge is 2.16. The molecule has 0 amide bonds. The van der Waals surface area contributed by atoms with Crippen molar-refractivity contribution < 1.29 is 0 Å². The summed E-state index contributed by atoms with van der Waals surface area (Å²) in [5.74, 6) is 2.22. The molecule has 0 bridgehead atoms. The van der Waals surface area contributed by atoms with Gasteiger partial charge >= 0.3 is 0 Å². The van der Waals surface area contributed by atoms with E-state index in [1.165, 1.54) is 16.8 Å². The minimum absolute atomic E-state index is 0.835. The minimum Gasteiger partial charge on any atom is -0.369 e. The number of hydrogen-bond donors (Lipinski definition) is 2. The third kappa shape index (κ3) is 4.69. The summed E-state index contributed by atoms with van der Waals surface area (Å²) in [4.78, 5) is 7.24. The number of nitrogens with zero attached hydrogens (tertiary/aromatic N) is 4. The van der Waals surface area contributed by atoms with Crippen molar-refractivity contribution in [2.24, 2.45) is 0 Å². The maximum atomic E-state index is 4.82. The van der Waals surface area contributed by atoms with E-state index in [-0.39, 0.29) is 0 Å². The molecule has 1 saturated heterocycles. The molecular formula is C27H34N6S. The van der Waals surface area contributed by atoms with Crippen molar-refractivity contribution in [1.82, 2.24) is 24.6 Å². The van der Waals surface area contributed by atoms with Crippen LogP contribution in [0, 0.1) is 0 Å². The second-order valence-corrected chi connectivity index (χ2v) is 12.9. The first-order valence-electron chi connectivity index (χ1n) is 12.0. The summed E-state index contributed by atoms with van der Waals surface area (Å²) < 4.78 is 5.45. The molecule has 4 aromatic rings. The Morgan fingerprint density at radius 3 is 2.53 bits per heavy atom. The van der Waals surface area contributed by atoms with Crippen LogP contribution in [0.3, 0.4) is 0 Å². The van der Waals surface area contributed by atoms with Crippen LogP contribution in [-0.2, 0) is 5.75 Å². The highest BCUT2D eigenvalue weighted by Crippen LogP contribution is 2.42. The van der Waals surface area contributed by atoms with Gasteiger partial charge in [-0.15, -0.1) is 0 Å². The fraction of sp³-hybridized carbons (Fsp3) is 0.333. The second-order valence-electron chi connectivity index (χ2n) is 9.06. The van der Waals surface area contributed by atoms with Crippen molar-refractivity contribution in [3.05, 3.63) is 72.7 Å². The summed E-state index contributed by atoms with van der Waals surface area (Å²) in [5, 5.41) is 8.05. The van der Waals surface area contributed by atoms with Crippen molar-refractivity contribution in [3.8, 4) is 22.3 Å². The molecule has 1 unspecified atom stereocenters. The number of benzene rings is 2. The largest absolute Gasteiger partial charge is 0.369 e. The molecule has 2 aromatic carbocycles. The van der Waals surface area contributed by atoms with Crippen molar-refractivity contribution in [2.75, 3.05) is 50.1 Å². The Morgan fingerprint density at radius 1 is 1.00 bits per heavy atom. The average molecular weight is 475 g/mol. The lowest BCUT2D eigenvalue weighted by Gasteiger charge is -2.34. The predicted octanol–water partition coefficient (Wildman–Crippen LogP) is 4.56. The third-order valence-corrected chi connectivity index (χ3v) is 10.1. The van der Waals surface area contributed by atoms with E-state index in [0.29, 0.717) is 0 Å². The van der Waals surface area contributed by atoms with Gasteiger partial charge in [0.1, 0.15) is 0 Å². The highest BCUT2D eigenvalue weighted by molar-refractivity contribution is 8.30. The van der Waals surface area contributed by atoms with E-state index in [1.807, 2.05) is 16.9 Å². The van der Waals surface area contributed by atoms with Crippen LogP contribution in [-0.4, -0.2) is 59.8 Å². The lowest BCUT2D eigenvalue weighted by molar-refractivity contribution is 0.589. The van der Waals surface area contributed by atoms with Crippen LogP contribution in [0.5, 0.6) is 0 Å². The molecule has 178 valence electrons. The zero-order valence-corrected chi connectivity index (χ0v) is 21.1. The standard InChI is InChI=1S/C27H34N6S/c1-4-34(3,28-2)20-21-6-5-7-23(16-21)26-18-31-33-19-24(17-30-27(26)33)22-8-10-25(11-9-22)32-14-12-29-13-15-32/h5-11,16-19,28-29H,4,12-15,20H2,1-3H3. The van der Waals surface area contributed by atoms with Crippen molar-refractivity contribution in [1.29, 1.82) is 0 Å². The number of anilines is 1. The Labute approximate surface area is 203 Å². The van der Waals surface area contributed by atoms with Crippen LogP contribution in [0.2, 0.25) is 0 Å². The maximum absolute atomic E-state index is 4.82. The van der Waals surface area contributed by atoms with E-state index in [4.69, 9.17) is 4.98 Å². The summed E-state index contributed by atoms with van der Waals surface area (Å²) in [7, 11) is 1.24. The Kier molecular flexibility index (Phi) is 6.59. The molecule has 1 atom stereocenters. The van der Waals surface area contributed by atoms with Gasteiger partial charge in [0.05, 0.1) is 6.20 Å². The third-order valence-electron chi connectivity index (χ3n) is 6.89. The van der Waals surface area contributed by atoms with Gasteiger partial charge in [-0.2, -0.15) is 15.3 Å². The minimum atomic E-state index is -0.835. The topological polar surface area (TPSA) is 57.5 Å². The van der Waals surface area contributed by atoms with Gasteiger partial charge in [0, 0.05) is 61.1 Å². The SMILES string of the molecule is CCS(C)(Cc1cccc(-c2cnn3cc(-c4ccc(N5CCNCC5)cc4)cnc23)c1)NC. The maximum Gasteiger partial charge on any atom is 0.162 e. The quantitative estimate of drug-likeness (QED) is 0.411. The molecule has 1 aliphatic heterocycles. The molecule has 0 aliphatic carbocycles. The summed E-state index contributed by atoms with van der Waals surface area (Å²) >= 11 is 0. The fourth-order valence-electron chi connectivity index (χ4n) is 4.53. The predicted molar refractivity (Wildman–Crippen MR) is 146 cm³/mol. The lowest BCUT2D eigenvalue weighted by atomic mass is 10.1. The van der Waals surface area contributed by atoms with Crippen molar-refractivity contribution in [3.63, 3.8) is 0 Å². The number of rotatable bonds is 7. The molecule has 1 fully saturated rings. The summed E-state index contributed by atoms with van der Waals surface area (Å²) in [6.07, 6.45) is 8.33. The van der Waals surface area contributed by atoms with Crippen LogP contribution in [0.25, 0.3) is 27.9 Å². The van der Waals surface area contributed by atoms with E-state index < -0.39 is 10.2 Å². The van der Waals surface area contributed by atoms with Crippen LogP contribution < -0.4 is 14.9 Å². The van der Waals surface area contributed by atoms with Crippen molar-refractivity contribution in [2.45, 2.75) is 12.7 Å². The molecule has 34 heavy (non-hydrogen) atoms. The molecule has 1 aliphatic rings. The Bertz CT molecular complexity index is 1260. The van der Waals surface area contributed by atoms with Crippen molar-refractivity contribution >= 4 is 21.5 Å². The zero-order chi connectivity index (χ0) is 23.5. The van der Waals surface area contributed by atoms with Gasteiger partial charge in [0.15, 0.2) is 5.65 Å². The number of fused-ring (bicyclic) bond motifs is 1. The van der Waals surface area contributed by atoms with Gasteiger partial charge in [-0.3, -0.25) is 4.72 Å². The Balaban J connectivity index is 1.40. The van der Waals surface area contributed by atoms with E-state index >= 15 is 0 Å². The van der Waals surface area contributed by atoms with Gasteiger partial charge in [-0.25, -0.2) is 9.50 Å². The summed E-state index contributed by atoms with van der Waals surface area (Å²) in [5.41, 5.74) is 7.98. The molecule has 0 spiro atoms. The second kappa shape index (κ2) is 9.78. The Hall–Kier alpha value is -2.87.